The minimum atomic E-state index is -3.55. The lowest BCUT2D eigenvalue weighted by atomic mass is 9.96. The molecule has 0 radical (unpaired) electrons. The molecule has 2 unspecified atom stereocenters. The second-order valence-corrected chi connectivity index (χ2v) is 13.6. The highest BCUT2D eigenvalue weighted by molar-refractivity contribution is 8.56. The monoisotopic (exact) mass is 566 g/mol. The van der Waals surface area contributed by atoms with E-state index in [1.807, 2.05) is 30.3 Å². The van der Waals surface area contributed by atoms with Crippen molar-refractivity contribution in [2.75, 3.05) is 18.1 Å². The Labute approximate surface area is 220 Å². The van der Waals surface area contributed by atoms with Crippen molar-refractivity contribution in [2.24, 2.45) is 0 Å². The highest BCUT2D eigenvalue weighted by Crippen LogP contribution is 2.61. The summed E-state index contributed by atoms with van der Waals surface area (Å²) in [6, 6.07) is 8.37. The van der Waals surface area contributed by atoms with Gasteiger partial charge in [-0.05, 0) is 19.4 Å². The van der Waals surface area contributed by atoms with Crippen molar-refractivity contribution in [2.45, 2.75) is 50.0 Å². The number of nitrogens with one attached hydrogen (secondary N) is 2. The number of aliphatic hydroxyl groups is 2. The quantitative estimate of drug-likeness (QED) is 0.199. The van der Waals surface area contributed by atoms with Crippen molar-refractivity contribution in [1.29, 1.82) is 0 Å². The lowest BCUT2D eigenvalue weighted by Crippen LogP contribution is -2.44. The van der Waals surface area contributed by atoms with Crippen LogP contribution in [0.3, 0.4) is 0 Å². The maximum atomic E-state index is 13.2. The molecule has 38 heavy (non-hydrogen) atoms. The normalized spacial score (nSPS) is 32.0. The second-order valence-electron chi connectivity index (χ2n) is 9.23. The fourth-order valence-electron chi connectivity index (χ4n) is 4.35. The van der Waals surface area contributed by atoms with Crippen LogP contribution in [0, 0.1) is 0 Å². The minimum absolute atomic E-state index is 0.0247. The third-order valence-electron chi connectivity index (χ3n) is 6.44. The van der Waals surface area contributed by atoms with E-state index < -0.39 is 54.4 Å². The van der Waals surface area contributed by atoms with E-state index in [9.17, 15) is 24.4 Å². The van der Waals surface area contributed by atoms with Crippen LogP contribution in [0.1, 0.15) is 31.7 Å². The van der Waals surface area contributed by atoms with Crippen molar-refractivity contribution in [3.05, 3.63) is 52.6 Å². The number of carbonyl (C=O) groups excluding carboxylic acids is 1. The van der Waals surface area contributed by atoms with Crippen LogP contribution in [-0.2, 0) is 23.4 Å². The molecule has 2 aromatic heterocycles. The van der Waals surface area contributed by atoms with Crippen molar-refractivity contribution in [3.8, 4) is 0 Å². The molecule has 4 heterocycles. The van der Waals surface area contributed by atoms with Gasteiger partial charge in [0.1, 0.15) is 30.0 Å². The molecule has 16 heteroatoms. The Kier molecular flexibility index (Phi) is 7.11. The molecule has 204 valence electrons. The molecule has 2 aliphatic heterocycles. The van der Waals surface area contributed by atoms with Crippen LogP contribution in [0.4, 0.5) is 5.95 Å². The zero-order chi connectivity index (χ0) is 27.2. The number of hydrogen-bond donors (Lipinski definition) is 5. The standard InChI is InChI=1S/C22H27N6O8PS/c1-11(12-6-4-3-5-7-12)35-19(31)13-9-38-37(33,27-13)34-8-14-16(29)22(2,32)20(36-14)28-10-24-15-17(28)25-21(23)26-18(15)30/h3-7,10-11,13-14,16,20,29,32H,8-9H2,1-2H3,(H,27,33)(H3,23,25,26,30)/t11-,13?,14?,16-,20-,22-,37-/m1/s1. The number of rotatable bonds is 7. The molecule has 0 aliphatic carbocycles. The number of aliphatic hydroxyl groups excluding tert-OH is 1. The number of ether oxygens (including phenoxy) is 2. The number of benzene rings is 1. The number of anilines is 1. The van der Waals surface area contributed by atoms with Gasteiger partial charge >= 0.3 is 12.7 Å². The molecule has 2 fully saturated rings. The summed E-state index contributed by atoms with van der Waals surface area (Å²) in [6.45, 7) is -0.825. The lowest BCUT2D eigenvalue weighted by molar-refractivity contribution is -0.150. The van der Waals surface area contributed by atoms with E-state index in [0.717, 1.165) is 16.9 Å². The van der Waals surface area contributed by atoms with Crippen molar-refractivity contribution < 1.29 is 33.6 Å². The molecule has 14 nitrogen and oxygen atoms in total. The van der Waals surface area contributed by atoms with Gasteiger partial charge in [0.05, 0.1) is 12.9 Å². The number of H-pyrrole nitrogens is 1. The zero-order valence-electron chi connectivity index (χ0n) is 20.4. The van der Waals surface area contributed by atoms with Crippen LogP contribution in [0.2, 0.25) is 0 Å². The molecule has 1 aromatic carbocycles. The number of fused-ring (bicyclic) bond motifs is 1. The molecular weight excluding hydrogens is 539 g/mol. The molecule has 2 aliphatic rings. The molecule has 0 saturated carbocycles. The minimum Gasteiger partial charge on any atom is -0.457 e. The second kappa shape index (κ2) is 10.1. The number of imidazole rings is 1. The van der Waals surface area contributed by atoms with E-state index in [4.69, 9.17) is 19.7 Å². The van der Waals surface area contributed by atoms with Crippen molar-refractivity contribution in [1.82, 2.24) is 24.6 Å². The van der Waals surface area contributed by atoms with Gasteiger partial charge in [0.2, 0.25) is 5.95 Å². The van der Waals surface area contributed by atoms with Crippen LogP contribution in [0.25, 0.3) is 11.2 Å². The van der Waals surface area contributed by atoms with E-state index in [0.29, 0.717) is 0 Å². The first kappa shape index (κ1) is 26.8. The predicted molar refractivity (Wildman–Crippen MR) is 137 cm³/mol. The van der Waals surface area contributed by atoms with E-state index in [1.165, 1.54) is 17.8 Å². The van der Waals surface area contributed by atoms with Crippen molar-refractivity contribution >= 4 is 41.2 Å². The topological polar surface area (TPSA) is 204 Å². The summed E-state index contributed by atoms with van der Waals surface area (Å²) in [5, 5.41) is 24.5. The number of nitrogens with two attached hydrogens (primary N) is 1. The Morgan fingerprint density at radius 1 is 1.42 bits per heavy atom. The van der Waals surface area contributed by atoms with Crippen molar-refractivity contribution in [3.63, 3.8) is 0 Å². The third-order valence-corrected chi connectivity index (χ3v) is 10.5. The fourth-order valence-corrected chi connectivity index (χ4v) is 8.23. The molecule has 5 rings (SSSR count). The zero-order valence-corrected chi connectivity index (χ0v) is 22.1. The average molecular weight is 567 g/mol. The van der Waals surface area contributed by atoms with Crippen LogP contribution >= 0.6 is 18.1 Å². The van der Waals surface area contributed by atoms with Crippen LogP contribution in [0.15, 0.2) is 41.5 Å². The third kappa shape index (κ3) is 4.98. The van der Waals surface area contributed by atoms with Gasteiger partial charge in [0.25, 0.3) is 5.56 Å². The fraction of sp³-hybridized carbons (Fsp3) is 0.455. The van der Waals surface area contributed by atoms with Gasteiger partial charge in [-0.1, -0.05) is 41.7 Å². The average Bonchev–Trinajstić information content (AvgIpc) is 3.54. The first-order valence-electron chi connectivity index (χ1n) is 11.7. The predicted octanol–water partition coefficient (Wildman–Crippen LogP) is 0.845. The summed E-state index contributed by atoms with van der Waals surface area (Å²) in [5.41, 5.74) is 4.07. The highest BCUT2D eigenvalue weighted by atomic mass is 32.7. The smallest absolute Gasteiger partial charge is 0.327 e. The van der Waals surface area contributed by atoms with Gasteiger partial charge in [-0.3, -0.25) is 23.7 Å². The number of nitrogens with zero attached hydrogens (tertiary/aromatic N) is 3. The SMILES string of the molecule is C[C@@H](OC(=O)C1CS[P@](=O)(OCC2O[C@@H](n3cnc4c(=O)[nH]c(N)nc43)[C@](C)(O)[C@@H]2O)N1)c1ccccc1. The van der Waals surface area contributed by atoms with Gasteiger partial charge in [-0.15, -0.1) is 0 Å². The maximum Gasteiger partial charge on any atom is 0.327 e. The lowest BCUT2D eigenvalue weighted by Gasteiger charge is -2.27. The number of aromatic nitrogens is 4. The first-order valence-corrected chi connectivity index (χ1v) is 14.9. The van der Waals surface area contributed by atoms with Crippen LogP contribution in [0.5, 0.6) is 0 Å². The summed E-state index contributed by atoms with van der Waals surface area (Å²) >= 11 is 0.937. The maximum absolute atomic E-state index is 13.2. The Morgan fingerprint density at radius 3 is 2.89 bits per heavy atom. The molecule has 3 aromatic rings. The summed E-state index contributed by atoms with van der Waals surface area (Å²) in [6.07, 6.45) is -3.03. The van der Waals surface area contributed by atoms with Gasteiger partial charge < -0.3 is 29.9 Å². The molecule has 2 saturated heterocycles. The van der Waals surface area contributed by atoms with Gasteiger partial charge in [-0.2, -0.15) is 4.98 Å². The molecular formula is C22H27N6O8PS. The van der Waals surface area contributed by atoms with Crippen LogP contribution < -0.4 is 16.4 Å². The molecule has 6 N–H and O–H groups in total. The molecule has 0 spiro atoms. The Hall–Kier alpha value is -2.78. The molecule has 7 atom stereocenters. The Balaban J connectivity index is 1.23. The van der Waals surface area contributed by atoms with Crippen LogP contribution in [-0.4, -0.2) is 71.9 Å². The van der Waals surface area contributed by atoms with Gasteiger partial charge in [0, 0.05) is 5.75 Å². The largest absolute Gasteiger partial charge is 0.457 e. The summed E-state index contributed by atoms with van der Waals surface area (Å²) in [4.78, 5) is 35.1. The highest BCUT2D eigenvalue weighted by Gasteiger charge is 2.54. The van der Waals surface area contributed by atoms with Gasteiger partial charge in [-0.25, -0.2) is 10.1 Å². The number of nitrogen functional groups attached to an aromatic ring is 1. The number of carbonyl (C=O) groups is 1. The van der Waals surface area contributed by atoms with E-state index in [-0.39, 0.29) is 29.5 Å². The number of aromatic amines is 1. The van der Waals surface area contributed by atoms with E-state index in [2.05, 4.69) is 20.0 Å². The summed E-state index contributed by atoms with van der Waals surface area (Å²) in [7, 11) is 0. The Morgan fingerprint density at radius 2 is 2.16 bits per heavy atom. The number of esters is 1. The van der Waals surface area contributed by atoms with E-state index >= 15 is 0 Å². The number of hydrogen-bond acceptors (Lipinski definition) is 12. The first-order chi connectivity index (χ1) is 18.0. The van der Waals surface area contributed by atoms with Gasteiger partial charge in [0.15, 0.2) is 17.4 Å². The summed E-state index contributed by atoms with van der Waals surface area (Å²) in [5.74, 6) is -0.561. The summed E-state index contributed by atoms with van der Waals surface area (Å²) < 4.78 is 31.5. The molecule has 0 amide bonds. The van der Waals surface area contributed by atoms with E-state index in [1.54, 1.807) is 6.92 Å². The Bertz CT molecular complexity index is 1450. The molecule has 0 bridgehead atoms.